The Kier molecular flexibility index (Phi) is 9.31. The maximum absolute atomic E-state index is 15.7. The van der Waals surface area contributed by atoms with E-state index in [2.05, 4.69) is 84.4 Å². The minimum Gasteiger partial charge on any atom is -0.461 e. The summed E-state index contributed by atoms with van der Waals surface area (Å²) in [6, 6.07) is 8.38. The molecule has 2 aromatic carbocycles. The van der Waals surface area contributed by atoms with E-state index in [1.54, 1.807) is 23.5 Å². The molecule has 13 heteroatoms. The Morgan fingerprint density at radius 1 is 1.00 bits per heavy atom. The van der Waals surface area contributed by atoms with Crippen molar-refractivity contribution in [3.8, 4) is 28.7 Å². The number of ether oxygens (including phenoxy) is 1. The summed E-state index contributed by atoms with van der Waals surface area (Å²) in [5.74, 6) is 4.17. The van der Waals surface area contributed by atoms with Crippen LogP contribution in [0.4, 0.5) is 14.6 Å². The van der Waals surface area contributed by atoms with Gasteiger partial charge in [-0.25, -0.2) is 8.78 Å². The van der Waals surface area contributed by atoms with E-state index >= 15 is 4.39 Å². The number of anilines is 1. The predicted octanol–water partition coefficient (Wildman–Crippen LogP) is 9.54. The number of thiophene rings is 1. The first-order valence-electron chi connectivity index (χ1n) is 21.2. The Balaban J connectivity index is 1.18. The lowest BCUT2D eigenvalue weighted by Gasteiger charge is -2.38. The van der Waals surface area contributed by atoms with Gasteiger partial charge in [0, 0.05) is 71.6 Å². The maximum Gasteiger partial charge on any atom is 0.319 e. The van der Waals surface area contributed by atoms with E-state index in [1.807, 2.05) is 18.5 Å². The lowest BCUT2D eigenvalue weighted by Crippen LogP contribution is -2.51. The van der Waals surface area contributed by atoms with E-state index in [9.17, 15) is 4.39 Å². The van der Waals surface area contributed by atoms with Gasteiger partial charge in [0.1, 0.15) is 37.3 Å². The molecule has 0 spiro atoms. The zero-order valence-electron chi connectivity index (χ0n) is 34.3. The van der Waals surface area contributed by atoms with Crippen molar-refractivity contribution >= 4 is 67.2 Å². The van der Waals surface area contributed by atoms with Crippen molar-refractivity contribution in [2.24, 2.45) is 0 Å². The Hall–Kier alpha value is -4.22. The molecule has 4 aromatic heterocycles. The van der Waals surface area contributed by atoms with Crippen LogP contribution in [0.2, 0.25) is 16.6 Å². The quantitative estimate of drug-likeness (QED) is 0.116. The average Bonchev–Trinajstić information content (AvgIpc) is 4.01. The Morgan fingerprint density at radius 3 is 2.53 bits per heavy atom. The van der Waals surface area contributed by atoms with Crippen molar-refractivity contribution in [1.82, 2.24) is 35.4 Å². The van der Waals surface area contributed by atoms with Gasteiger partial charge in [-0.05, 0) is 78.5 Å². The van der Waals surface area contributed by atoms with Gasteiger partial charge >= 0.3 is 6.01 Å². The third-order valence-corrected chi connectivity index (χ3v) is 21.5. The minimum atomic E-state index is -2.15. The van der Waals surface area contributed by atoms with Crippen LogP contribution in [0.5, 0.6) is 6.01 Å². The van der Waals surface area contributed by atoms with Gasteiger partial charge < -0.3 is 15.0 Å². The van der Waals surface area contributed by atoms with Crippen molar-refractivity contribution in [3.05, 3.63) is 48.0 Å². The second-order valence-corrected chi connectivity index (χ2v) is 24.9. The summed E-state index contributed by atoms with van der Waals surface area (Å²) in [6.07, 6.45) is 7.61. The predicted molar refractivity (Wildman–Crippen MR) is 234 cm³/mol. The number of halogens is 2. The van der Waals surface area contributed by atoms with Crippen LogP contribution >= 0.6 is 11.3 Å². The van der Waals surface area contributed by atoms with Crippen molar-refractivity contribution < 1.29 is 13.5 Å². The second-order valence-electron chi connectivity index (χ2n) is 18.3. The van der Waals surface area contributed by atoms with E-state index in [1.165, 1.54) is 0 Å². The molecule has 0 saturated carbocycles. The van der Waals surface area contributed by atoms with Crippen LogP contribution < -0.4 is 15.0 Å². The van der Waals surface area contributed by atoms with Gasteiger partial charge in [0.25, 0.3) is 0 Å². The van der Waals surface area contributed by atoms with E-state index in [-0.39, 0.29) is 11.4 Å². The van der Waals surface area contributed by atoms with Crippen LogP contribution in [0.3, 0.4) is 0 Å². The summed E-state index contributed by atoms with van der Waals surface area (Å²) in [5.41, 5.74) is 7.98. The van der Waals surface area contributed by atoms with E-state index in [0.29, 0.717) is 59.9 Å². The molecular weight excluding hydrogens is 767 g/mol. The highest BCUT2D eigenvalue weighted by Crippen LogP contribution is 2.48. The third-order valence-electron chi connectivity index (χ3n) is 14.1. The number of aromatic nitrogens is 5. The first-order valence-corrected chi connectivity index (χ1v) is 24.2. The molecule has 10 rings (SSSR count). The van der Waals surface area contributed by atoms with Gasteiger partial charge in [0.15, 0.2) is 0 Å². The van der Waals surface area contributed by atoms with Gasteiger partial charge in [0.05, 0.1) is 33.0 Å². The van der Waals surface area contributed by atoms with E-state index in [4.69, 9.17) is 19.7 Å². The molecule has 2 bridgehead atoms. The number of piperazine rings is 1. The summed E-state index contributed by atoms with van der Waals surface area (Å²) in [6.45, 7) is 17.2. The minimum absolute atomic E-state index is 0.310. The number of nitrogens with zero attached hydrogens (tertiary/aromatic N) is 6. The van der Waals surface area contributed by atoms with Crippen molar-refractivity contribution in [2.75, 3.05) is 37.7 Å². The lowest BCUT2D eigenvalue weighted by atomic mass is 9.93. The number of fused-ring (bicyclic) bond motifs is 8. The molecule has 58 heavy (non-hydrogen) atoms. The Labute approximate surface area is 343 Å². The fourth-order valence-corrected chi connectivity index (χ4v) is 17.9. The molecule has 4 aliphatic rings. The van der Waals surface area contributed by atoms with Crippen LogP contribution in [0.15, 0.2) is 36.7 Å². The summed E-state index contributed by atoms with van der Waals surface area (Å²) in [5, 5.41) is 15.9. The molecule has 4 aliphatic heterocycles. The highest BCUT2D eigenvalue weighted by atomic mass is 32.1. The number of pyridine rings is 1. The highest BCUT2D eigenvalue weighted by molar-refractivity contribution is 7.26. The lowest BCUT2D eigenvalue weighted by molar-refractivity contribution is 0.107. The van der Waals surface area contributed by atoms with Crippen molar-refractivity contribution in [2.45, 2.75) is 114 Å². The summed E-state index contributed by atoms with van der Waals surface area (Å²) < 4.78 is 37.9. The van der Waals surface area contributed by atoms with E-state index < -0.39 is 14.2 Å². The number of hydrogen-bond acceptors (Lipinski definition) is 9. The number of aromatic amines is 1. The zero-order chi connectivity index (χ0) is 40.1. The molecule has 6 aromatic rings. The second kappa shape index (κ2) is 14.2. The maximum atomic E-state index is 15.7. The van der Waals surface area contributed by atoms with Gasteiger partial charge in [0.2, 0.25) is 0 Å². The molecule has 4 fully saturated rings. The van der Waals surface area contributed by atoms with Gasteiger partial charge in [-0.2, -0.15) is 15.1 Å². The highest BCUT2D eigenvalue weighted by Gasteiger charge is 2.49. The fourth-order valence-electron chi connectivity index (χ4n) is 11.5. The number of alkyl halides is 1. The molecule has 4 atom stereocenters. The van der Waals surface area contributed by atoms with Gasteiger partial charge in [-0.1, -0.05) is 47.5 Å². The van der Waals surface area contributed by atoms with Crippen LogP contribution in [-0.4, -0.2) is 94.7 Å². The molecule has 0 radical (unpaired) electrons. The molecule has 9 nitrogen and oxygen atoms in total. The molecule has 8 heterocycles. The van der Waals surface area contributed by atoms with Gasteiger partial charge in [-0.3, -0.25) is 15.0 Å². The molecule has 0 aliphatic carbocycles. The van der Waals surface area contributed by atoms with Crippen molar-refractivity contribution in [3.63, 3.8) is 0 Å². The summed E-state index contributed by atoms with van der Waals surface area (Å²) in [4.78, 5) is 21.0. The topological polar surface area (TPSA) is 95.1 Å². The summed E-state index contributed by atoms with van der Waals surface area (Å²) in [7, 11) is -2.15. The Morgan fingerprint density at radius 2 is 1.78 bits per heavy atom. The molecule has 2 N–H and O–H groups in total. The third kappa shape index (κ3) is 6.03. The number of H-pyrrole nitrogens is 1. The van der Waals surface area contributed by atoms with Crippen LogP contribution in [0.25, 0.3) is 53.2 Å². The fraction of sp³-hybridized carbons (Fsp3) is 0.511. The SMILES string of the molecule is CC(C)[Si](C#Cc1cc(F)cc2cc3[nH]ncc3c(-c3nccc4c3sc3nc(OC[C@@]56CCCN5C[C@H](F)C6)nc(N5C[C@H]6CC[C@@H](C5)N6)c34)c12)(C(C)C)C(C)C. The first-order chi connectivity index (χ1) is 27.9. The first kappa shape index (κ1) is 38.0. The molecule has 0 unspecified atom stereocenters. The normalized spacial score (nSPS) is 23.7. The number of benzene rings is 2. The molecule has 302 valence electrons. The van der Waals surface area contributed by atoms with Gasteiger partial charge in [-0.15, -0.1) is 16.9 Å². The van der Waals surface area contributed by atoms with Crippen LogP contribution in [0.1, 0.15) is 79.2 Å². The van der Waals surface area contributed by atoms with Crippen molar-refractivity contribution in [1.29, 1.82) is 0 Å². The number of nitrogens with one attached hydrogen (secondary N) is 2. The smallest absolute Gasteiger partial charge is 0.319 e. The Bertz CT molecular complexity index is 2620. The molecule has 4 saturated heterocycles. The zero-order valence-corrected chi connectivity index (χ0v) is 36.1. The van der Waals surface area contributed by atoms with Crippen LogP contribution in [-0.2, 0) is 0 Å². The number of rotatable bonds is 8. The molecular formula is C45H52F2N8OSSi. The van der Waals surface area contributed by atoms with E-state index in [0.717, 1.165) is 104 Å². The summed E-state index contributed by atoms with van der Waals surface area (Å²) >= 11 is 1.59. The molecule has 0 amide bonds. The largest absolute Gasteiger partial charge is 0.461 e. The van der Waals surface area contributed by atoms with Crippen LogP contribution in [0, 0.1) is 17.3 Å². The average molecular weight is 819 g/mol. The number of hydrogen-bond donors (Lipinski definition) is 2. The standard InChI is InChI=1S/C45H52F2N8OSSi/c1-25(2)58(26(3)4,27(5)6)15-11-28-16-30(46)17-29-18-36-35(20-49-53-36)38(37(28)29)40-41-34(10-13-48-40)39-42(54-22-32-8-9-33(23-54)50-32)51-44(52-43(39)57-41)56-24-45-12-7-14-55(45)21-31(47)19-45/h10,13,16-18,20,25-27,31-33,50H,7-9,12,14,19,21-24H2,1-6H3,(H,49,53)/t31-,32-,33+,45+/m1/s1. The monoisotopic (exact) mass is 818 g/mol.